The molecule has 2 atom stereocenters. The maximum Gasteiger partial charge on any atom is 0.419 e. The molecule has 1 fully saturated rings. The van der Waals surface area contributed by atoms with Gasteiger partial charge in [-0.15, -0.1) is 0 Å². The molecular formula is C19H19F5N4O4S. The number of sulfonamides is 1. The summed E-state index contributed by atoms with van der Waals surface area (Å²) in [6.07, 6.45) is -4.71. The first-order chi connectivity index (χ1) is 15.2. The molecule has 0 radical (unpaired) electrons. The Labute approximate surface area is 185 Å². The van der Waals surface area contributed by atoms with Gasteiger partial charge in [0, 0.05) is 42.7 Å². The van der Waals surface area contributed by atoms with E-state index in [0.717, 1.165) is 36.4 Å². The van der Waals surface area contributed by atoms with E-state index in [1.165, 1.54) is 13.0 Å². The number of nitrogens with two attached hydrogens (primary N) is 1. The van der Waals surface area contributed by atoms with Crippen molar-refractivity contribution < 1.29 is 39.9 Å². The predicted octanol–water partition coefficient (Wildman–Crippen LogP) is 2.48. The van der Waals surface area contributed by atoms with Gasteiger partial charge in [0.1, 0.15) is 6.04 Å². The molecule has 3 N–H and O–H groups in total. The van der Waals surface area contributed by atoms with E-state index in [9.17, 15) is 35.2 Å². The van der Waals surface area contributed by atoms with Crippen molar-refractivity contribution in [2.75, 3.05) is 23.9 Å². The molecule has 0 spiro atoms. The number of rotatable bonds is 5. The van der Waals surface area contributed by atoms with Crippen LogP contribution in [0.2, 0.25) is 0 Å². The van der Waals surface area contributed by atoms with Crippen molar-refractivity contribution in [3.63, 3.8) is 0 Å². The average Bonchev–Trinajstić information content (AvgIpc) is 3.13. The third-order valence-corrected chi connectivity index (χ3v) is 6.26. The molecule has 2 aromatic rings. The Bertz CT molecular complexity index is 1190. The highest BCUT2D eigenvalue weighted by Crippen LogP contribution is 2.45. The topological polar surface area (TPSA) is 115 Å². The quantitative estimate of drug-likeness (QED) is 0.618. The van der Waals surface area contributed by atoms with E-state index in [1.54, 1.807) is 0 Å². The molecule has 1 aliphatic rings. The molecule has 180 valence electrons. The summed E-state index contributed by atoms with van der Waals surface area (Å²) in [5.74, 6) is -3.42. The lowest BCUT2D eigenvalue weighted by atomic mass is 9.99. The van der Waals surface area contributed by atoms with Crippen molar-refractivity contribution >= 4 is 27.3 Å². The van der Waals surface area contributed by atoms with Crippen molar-refractivity contribution in [3.05, 3.63) is 47.7 Å². The van der Waals surface area contributed by atoms with Crippen molar-refractivity contribution in [1.29, 1.82) is 0 Å². The summed E-state index contributed by atoms with van der Waals surface area (Å²) in [6.45, 7) is 0.306. The second-order valence-corrected chi connectivity index (χ2v) is 8.97. The van der Waals surface area contributed by atoms with Crippen molar-refractivity contribution in [2.45, 2.75) is 36.2 Å². The fraction of sp³-hybridized carbons (Fsp3) is 0.368. The van der Waals surface area contributed by atoms with Gasteiger partial charge in [0.05, 0.1) is 6.54 Å². The van der Waals surface area contributed by atoms with Crippen LogP contribution in [0.5, 0.6) is 0 Å². The van der Waals surface area contributed by atoms with Crippen molar-refractivity contribution in [2.24, 2.45) is 5.14 Å². The fourth-order valence-corrected chi connectivity index (χ4v) is 4.15. The molecule has 14 heteroatoms. The normalized spacial score (nSPS) is 21.3. The molecule has 33 heavy (non-hydrogen) atoms. The lowest BCUT2D eigenvalue weighted by Crippen LogP contribution is -2.49. The zero-order valence-electron chi connectivity index (χ0n) is 17.3. The number of benzene rings is 1. The summed E-state index contributed by atoms with van der Waals surface area (Å²) in [7, 11) is -3.37. The van der Waals surface area contributed by atoms with Gasteiger partial charge in [-0.1, -0.05) is 0 Å². The van der Waals surface area contributed by atoms with Gasteiger partial charge in [-0.2, -0.15) is 13.2 Å². The average molecular weight is 494 g/mol. The zero-order chi connectivity index (χ0) is 24.8. The van der Waals surface area contributed by atoms with E-state index < -0.39 is 63.4 Å². The number of pyridine rings is 1. The number of alkyl halides is 3. The third-order valence-electron chi connectivity index (χ3n) is 5.45. The lowest BCUT2D eigenvalue weighted by molar-refractivity contribution is -0.261. The van der Waals surface area contributed by atoms with Gasteiger partial charge in [0.25, 0.3) is 10.0 Å². The monoisotopic (exact) mass is 494 g/mol. The first kappa shape index (κ1) is 24.8. The lowest BCUT2D eigenvalue weighted by Gasteiger charge is -2.31. The summed E-state index contributed by atoms with van der Waals surface area (Å²) in [5.41, 5.74) is -3.28. The Hall–Kier alpha value is -2.84. The predicted molar refractivity (Wildman–Crippen MR) is 107 cm³/mol. The van der Waals surface area contributed by atoms with E-state index in [-0.39, 0.29) is 16.9 Å². The van der Waals surface area contributed by atoms with Crippen LogP contribution in [0.1, 0.15) is 12.0 Å². The molecule has 1 aromatic heterocycles. The number of methoxy groups -OCH3 is 1. The van der Waals surface area contributed by atoms with E-state index in [0.29, 0.717) is 0 Å². The number of primary sulfonamides is 1. The highest BCUT2D eigenvalue weighted by molar-refractivity contribution is 7.89. The molecular weight excluding hydrogens is 475 g/mol. The first-order valence-electron chi connectivity index (χ1n) is 9.33. The Balaban J connectivity index is 2.03. The minimum atomic E-state index is -4.89. The molecule has 1 aliphatic heterocycles. The number of amides is 1. The van der Waals surface area contributed by atoms with Crippen molar-refractivity contribution in [1.82, 2.24) is 4.98 Å². The van der Waals surface area contributed by atoms with Crippen LogP contribution in [0.15, 0.2) is 35.5 Å². The number of ether oxygens (including phenoxy) is 1. The zero-order valence-corrected chi connectivity index (χ0v) is 18.1. The molecule has 2 heterocycles. The number of halogens is 5. The number of hydrogen-bond acceptors (Lipinski definition) is 6. The Morgan fingerprint density at radius 1 is 1.30 bits per heavy atom. The van der Waals surface area contributed by atoms with Gasteiger partial charge in [-0.05, 0) is 25.1 Å². The van der Waals surface area contributed by atoms with E-state index in [1.807, 2.05) is 0 Å². The molecule has 1 amide bonds. The smallest absolute Gasteiger partial charge is 0.367 e. The van der Waals surface area contributed by atoms with Gasteiger partial charge < -0.3 is 15.0 Å². The summed E-state index contributed by atoms with van der Waals surface area (Å²) >= 11 is 0. The molecule has 0 aliphatic carbocycles. The van der Waals surface area contributed by atoms with E-state index in [4.69, 9.17) is 9.88 Å². The van der Waals surface area contributed by atoms with Gasteiger partial charge in [0.15, 0.2) is 22.3 Å². The number of carbonyl (C=O) groups is 1. The largest absolute Gasteiger partial charge is 0.419 e. The van der Waals surface area contributed by atoms with Crippen LogP contribution >= 0.6 is 0 Å². The summed E-state index contributed by atoms with van der Waals surface area (Å²) in [5, 5.41) is 6.76. The standard InChI is InChI=1S/C19H19F5N4O4S/c1-10-13(4-3-12(20)16(10)21)28-9-18(32-2,19(22,23)24)8-14(28)17(29)27-11-5-6-26-15(7-11)33(25,30)31/h3-7,14H,8-9H2,1-2H3,(H2,25,30,31)(H,26,27,29). The van der Waals surface area contributed by atoms with Crippen LogP contribution in [-0.2, 0) is 19.6 Å². The van der Waals surface area contributed by atoms with Crippen LogP contribution in [0.3, 0.4) is 0 Å². The molecule has 3 rings (SSSR count). The van der Waals surface area contributed by atoms with Crippen LogP contribution in [0.25, 0.3) is 0 Å². The van der Waals surface area contributed by atoms with Crippen LogP contribution in [0, 0.1) is 18.6 Å². The van der Waals surface area contributed by atoms with Crippen LogP contribution < -0.4 is 15.4 Å². The molecule has 8 nitrogen and oxygen atoms in total. The molecule has 1 saturated heterocycles. The maximum absolute atomic E-state index is 14.2. The highest BCUT2D eigenvalue weighted by atomic mass is 32.2. The van der Waals surface area contributed by atoms with Gasteiger partial charge >= 0.3 is 6.18 Å². The van der Waals surface area contributed by atoms with Crippen molar-refractivity contribution in [3.8, 4) is 0 Å². The molecule has 2 unspecified atom stereocenters. The number of nitrogens with one attached hydrogen (secondary N) is 1. The van der Waals surface area contributed by atoms with Crippen LogP contribution in [0.4, 0.5) is 33.3 Å². The number of anilines is 2. The summed E-state index contributed by atoms with van der Waals surface area (Å²) in [6, 6.07) is 2.43. The molecule has 1 aromatic carbocycles. The Morgan fingerprint density at radius 2 is 1.97 bits per heavy atom. The maximum atomic E-state index is 14.2. The Morgan fingerprint density at radius 3 is 2.55 bits per heavy atom. The molecule has 0 bridgehead atoms. The number of hydrogen-bond donors (Lipinski definition) is 2. The molecule has 0 saturated carbocycles. The summed E-state index contributed by atoms with van der Waals surface area (Å²) in [4.78, 5) is 17.5. The van der Waals surface area contributed by atoms with E-state index >= 15 is 0 Å². The van der Waals surface area contributed by atoms with Crippen LogP contribution in [-0.4, -0.2) is 50.8 Å². The van der Waals surface area contributed by atoms with Gasteiger partial charge in [-0.3, -0.25) is 4.79 Å². The second-order valence-electron chi connectivity index (χ2n) is 7.47. The van der Waals surface area contributed by atoms with Gasteiger partial charge in [-0.25, -0.2) is 27.3 Å². The second kappa shape index (κ2) is 8.50. The minimum Gasteiger partial charge on any atom is -0.367 e. The third kappa shape index (κ3) is 4.63. The SMILES string of the molecule is COC1(C(F)(F)F)CC(C(=O)Nc2ccnc(S(N)(=O)=O)c2)N(c2ccc(F)c(F)c2C)C1. The highest BCUT2D eigenvalue weighted by Gasteiger charge is 2.63. The number of nitrogens with zero attached hydrogens (tertiary/aromatic N) is 2. The first-order valence-corrected chi connectivity index (χ1v) is 10.9. The fourth-order valence-electron chi connectivity index (χ4n) is 3.65. The Kier molecular flexibility index (Phi) is 6.39. The number of aromatic nitrogens is 1. The number of carbonyl (C=O) groups excluding carboxylic acids is 1. The van der Waals surface area contributed by atoms with Gasteiger partial charge in [0.2, 0.25) is 5.91 Å². The van der Waals surface area contributed by atoms with E-state index in [2.05, 4.69) is 10.3 Å². The minimum absolute atomic E-state index is 0.0945. The summed E-state index contributed by atoms with van der Waals surface area (Å²) < 4.78 is 97.2.